The van der Waals surface area contributed by atoms with Crippen LogP contribution in [-0.4, -0.2) is 21.5 Å². The van der Waals surface area contributed by atoms with Crippen molar-refractivity contribution < 1.29 is 14.3 Å². The van der Waals surface area contributed by atoms with Crippen LogP contribution in [0.1, 0.15) is 17.5 Å². The fraction of sp³-hybridized carbons (Fsp3) is 0.391. The Morgan fingerprint density at radius 2 is 1.48 bits per heavy atom. The first-order valence-electron chi connectivity index (χ1n) is 9.88. The molecule has 6 heteroatoms. The smallest absolute Gasteiger partial charge is 0.238 e. The molecule has 0 aromatic heterocycles. The van der Waals surface area contributed by atoms with Crippen molar-refractivity contribution >= 4 is 49.4 Å². The van der Waals surface area contributed by atoms with Crippen molar-refractivity contribution in [3.05, 3.63) is 53.6 Å². The monoisotopic (exact) mass is 517 g/mol. The van der Waals surface area contributed by atoms with Crippen molar-refractivity contribution in [2.75, 3.05) is 4.90 Å². The molecule has 0 N–H and O–H groups in total. The van der Waals surface area contributed by atoms with Gasteiger partial charge in [0.15, 0.2) is 0 Å². The lowest BCUT2D eigenvalue weighted by Crippen LogP contribution is -2.37. The average molecular weight is 519 g/mol. The molecule has 1 heterocycles. The first-order chi connectivity index (χ1) is 13.9. The third-order valence-corrected chi connectivity index (χ3v) is 9.86. The highest BCUT2D eigenvalue weighted by Gasteiger charge is 2.66. The molecule has 2 aromatic carbocycles. The number of benzene rings is 2. The summed E-state index contributed by atoms with van der Waals surface area (Å²) in [5, 5.41) is 0. The molecule has 2 aliphatic carbocycles. The van der Waals surface area contributed by atoms with E-state index in [2.05, 4.69) is 37.9 Å². The van der Waals surface area contributed by atoms with Gasteiger partial charge in [-0.2, -0.15) is 0 Å². The molecular formula is C23H21Br2NO3. The van der Waals surface area contributed by atoms with Gasteiger partial charge in [-0.1, -0.05) is 44.0 Å². The predicted octanol–water partition coefficient (Wildman–Crippen LogP) is 5.38. The number of halogens is 2. The molecule has 1 aliphatic heterocycles. The summed E-state index contributed by atoms with van der Waals surface area (Å²) in [6, 6.07) is 13.3. The molecule has 5 rings (SSSR count). The maximum atomic E-state index is 13.1. The zero-order valence-electron chi connectivity index (χ0n) is 16.1. The Kier molecular flexibility index (Phi) is 4.63. The molecule has 150 valence electrons. The van der Waals surface area contributed by atoms with Crippen molar-refractivity contribution in [1.82, 2.24) is 0 Å². The summed E-state index contributed by atoms with van der Waals surface area (Å²) < 4.78 is 6.01. The second kappa shape index (κ2) is 6.95. The number of carbonyl (C=O) groups excluding carboxylic acids is 2. The van der Waals surface area contributed by atoms with E-state index in [9.17, 15) is 9.59 Å². The first kappa shape index (κ1) is 19.3. The number of anilines is 1. The Labute approximate surface area is 186 Å². The van der Waals surface area contributed by atoms with E-state index < -0.39 is 0 Å². The van der Waals surface area contributed by atoms with Gasteiger partial charge in [0.1, 0.15) is 11.5 Å². The number of amides is 2. The van der Waals surface area contributed by atoms with Gasteiger partial charge in [0, 0.05) is 9.65 Å². The van der Waals surface area contributed by atoms with Crippen molar-refractivity contribution in [1.29, 1.82) is 0 Å². The molecule has 3 fully saturated rings. The highest BCUT2D eigenvalue weighted by molar-refractivity contribution is 9.12. The predicted molar refractivity (Wildman–Crippen MR) is 119 cm³/mol. The minimum atomic E-state index is -0.198. The Morgan fingerprint density at radius 3 is 2.07 bits per heavy atom. The highest BCUT2D eigenvalue weighted by Crippen LogP contribution is 2.60. The van der Waals surface area contributed by atoms with Crippen molar-refractivity contribution in [2.45, 2.75) is 29.9 Å². The molecule has 3 aliphatic rings. The van der Waals surface area contributed by atoms with E-state index in [0.717, 1.165) is 23.3 Å². The van der Waals surface area contributed by atoms with Crippen LogP contribution in [0.4, 0.5) is 5.69 Å². The number of hydrogen-bond acceptors (Lipinski definition) is 3. The number of fused-ring (bicyclic) bond motifs is 5. The van der Waals surface area contributed by atoms with E-state index in [1.165, 1.54) is 4.90 Å². The van der Waals surface area contributed by atoms with Gasteiger partial charge in [0.05, 0.1) is 17.5 Å². The molecule has 2 bridgehead atoms. The number of hydrogen-bond donors (Lipinski definition) is 0. The highest BCUT2D eigenvalue weighted by atomic mass is 79.9. The molecule has 2 amide bonds. The van der Waals surface area contributed by atoms with Gasteiger partial charge in [-0.15, -0.1) is 0 Å². The fourth-order valence-electron chi connectivity index (χ4n) is 5.21. The number of carbonyl (C=O) groups is 2. The maximum Gasteiger partial charge on any atom is 0.238 e. The SMILES string of the molecule is Cc1ccc(C)c(Oc2ccc(N3C(=O)C4C5CC(C(Br)C5Br)C4C3=O)cc2)c1. The zero-order chi connectivity index (χ0) is 20.4. The zero-order valence-corrected chi connectivity index (χ0v) is 19.3. The van der Waals surface area contributed by atoms with Gasteiger partial charge in [0.25, 0.3) is 0 Å². The summed E-state index contributed by atoms with van der Waals surface area (Å²) in [6.45, 7) is 4.03. The van der Waals surface area contributed by atoms with Crippen LogP contribution in [-0.2, 0) is 9.59 Å². The van der Waals surface area contributed by atoms with E-state index in [0.29, 0.717) is 11.4 Å². The Balaban J connectivity index is 1.39. The van der Waals surface area contributed by atoms with Crippen LogP contribution in [0.3, 0.4) is 0 Å². The third-order valence-electron chi connectivity index (χ3n) is 6.65. The molecule has 4 nitrogen and oxygen atoms in total. The van der Waals surface area contributed by atoms with E-state index in [-0.39, 0.29) is 45.1 Å². The summed E-state index contributed by atoms with van der Waals surface area (Å²) in [6.07, 6.45) is 0.940. The summed E-state index contributed by atoms with van der Waals surface area (Å²) in [7, 11) is 0. The number of imide groups is 1. The van der Waals surface area contributed by atoms with Crippen LogP contribution >= 0.6 is 31.9 Å². The van der Waals surface area contributed by atoms with E-state index in [4.69, 9.17) is 4.74 Å². The Morgan fingerprint density at radius 1 is 0.897 bits per heavy atom. The lowest BCUT2D eigenvalue weighted by atomic mass is 9.81. The van der Waals surface area contributed by atoms with Crippen LogP contribution in [0.5, 0.6) is 11.5 Å². The molecule has 2 saturated carbocycles. The minimum Gasteiger partial charge on any atom is -0.457 e. The molecule has 0 radical (unpaired) electrons. The van der Waals surface area contributed by atoms with Crippen LogP contribution in [0, 0.1) is 37.5 Å². The molecule has 1 saturated heterocycles. The standard InChI is InChI=1S/C23H21Br2NO3/c1-11-3-4-12(2)17(9-11)29-14-7-5-13(6-8-14)26-22(27)18-15-10-16(19(18)23(26)28)21(25)20(15)24/h3-9,15-16,18-21H,10H2,1-2H3. The second-order valence-corrected chi connectivity index (χ2v) is 10.5. The molecule has 6 atom stereocenters. The topological polar surface area (TPSA) is 46.6 Å². The second-order valence-electron chi connectivity index (χ2n) is 8.38. The van der Waals surface area contributed by atoms with Crippen LogP contribution in [0.15, 0.2) is 42.5 Å². The normalized spacial score (nSPS) is 32.8. The average Bonchev–Trinajstić information content (AvgIpc) is 3.30. The number of ether oxygens (including phenoxy) is 1. The summed E-state index contributed by atoms with van der Waals surface area (Å²) in [5.41, 5.74) is 2.81. The molecule has 0 spiro atoms. The molecule has 2 aromatic rings. The lowest BCUT2D eigenvalue weighted by molar-refractivity contribution is -0.123. The van der Waals surface area contributed by atoms with Gasteiger partial charge in [0.2, 0.25) is 11.8 Å². The minimum absolute atomic E-state index is 0.0560. The maximum absolute atomic E-state index is 13.1. The third kappa shape index (κ3) is 2.90. The van der Waals surface area contributed by atoms with Crippen molar-refractivity contribution in [3.63, 3.8) is 0 Å². The van der Waals surface area contributed by atoms with Gasteiger partial charge in [-0.05, 0) is 73.6 Å². The van der Waals surface area contributed by atoms with Gasteiger partial charge < -0.3 is 4.74 Å². The lowest BCUT2D eigenvalue weighted by Gasteiger charge is -2.28. The largest absolute Gasteiger partial charge is 0.457 e. The molecule has 6 unspecified atom stereocenters. The number of aryl methyl sites for hydroxylation is 2. The van der Waals surface area contributed by atoms with Crippen molar-refractivity contribution in [3.8, 4) is 11.5 Å². The van der Waals surface area contributed by atoms with E-state index in [1.807, 2.05) is 38.1 Å². The van der Waals surface area contributed by atoms with Gasteiger partial charge in [-0.25, -0.2) is 0 Å². The quantitative estimate of drug-likeness (QED) is 0.405. The van der Waals surface area contributed by atoms with Crippen LogP contribution in [0.25, 0.3) is 0 Å². The van der Waals surface area contributed by atoms with Gasteiger partial charge >= 0.3 is 0 Å². The fourth-order valence-corrected chi connectivity index (χ4v) is 7.08. The first-order valence-corrected chi connectivity index (χ1v) is 11.7. The van der Waals surface area contributed by atoms with Crippen LogP contribution in [0.2, 0.25) is 0 Å². The Hall–Kier alpha value is -1.66. The van der Waals surface area contributed by atoms with Crippen molar-refractivity contribution in [2.24, 2.45) is 23.7 Å². The molecular weight excluding hydrogens is 498 g/mol. The van der Waals surface area contributed by atoms with E-state index in [1.54, 1.807) is 12.1 Å². The van der Waals surface area contributed by atoms with Crippen LogP contribution < -0.4 is 9.64 Å². The number of rotatable bonds is 3. The Bertz CT molecular complexity index is 974. The van der Waals surface area contributed by atoms with E-state index >= 15 is 0 Å². The summed E-state index contributed by atoms with van der Waals surface area (Å²) in [5.74, 6) is 1.43. The number of nitrogens with zero attached hydrogens (tertiary/aromatic N) is 1. The summed E-state index contributed by atoms with van der Waals surface area (Å²) >= 11 is 7.45. The number of alkyl halides is 2. The van der Waals surface area contributed by atoms with Gasteiger partial charge in [-0.3, -0.25) is 14.5 Å². The molecule has 29 heavy (non-hydrogen) atoms. The summed E-state index contributed by atoms with van der Waals surface area (Å²) in [4.78, 5) is 28.2.